The first-order valence-electron chi connectivity index (χ1n) is 7.50. The number of anilines is 1. The third kappa shape index (κ3) is 3.46. The fourth-order valence-electron chi connectivity index (χ4n) is 2.27. The van der Waals surface area contributed by atoms with Crippen molar-refractivity contribution >= 4 is 11.6 Å². The highest BCUT2D eigenvalue weighted by Crippen LogP contribution is 2.27. The van der Waals surface area contributed by atoms with E-state index in [9.17, 15) is 4.79 Å². The zero-order chi connectivity index (χ0) is 15.4. The molecule has 2 aromatic carbocycles. The van der Waals surface area contributed by atoms with Gasteiger partial charge in [0.1, 0.15) is 18.5 Å². The number of hydrogen-bond donors (Lipinski definition) is 1. The van der Waals surface area contributed by atoms with Gasteiger partial charge in [-0.1, -0.05) is 37.3 Å². The molecule has 1 atom stereocenters. The molecule has 1 aliphatic rings. The van der Waals surface area contributed by atoms with Gasteiger partial charge in [-0.3, -0.25) is 4.79 Å². The molecule has 1 saturated heterocycles. The van der Waals surface area contributed by atoms with Crippen LogP contribution < -0.4 is 10.1 Å². The molecule has 0 spiro atoms. The SMILES string of the molecule is CCc1cccc(C(=O)Nc2ccccc2)c1OCC1CO1. The van der Waals surface area contributed by atoms with Gasteiger partial charge in [0, 0.05) is 5.69 Å². The van der Waals surface area contributed by atoms with Gasteiger partial charge in [-0.05, 0) is 30.2 Å². The summed E-state index contributed by atoms with van der Waals surface area (Å²) in [7, 11) is 0. The molecular weight excluding hydrogens is 278 g/mol. The highest BCUT2D eigenvalue weighted by molar-refractivity contribution is 6.06. The summed E-state index contributed by atoms with van der Waals surface area (Å²) in [6.45, 7) is 3.27. The van der Waals surface area contributed by atoms with Crippen molar-refractivity contribution in [1.29, 1.82) is 0 Å². The topological polar surface area (TPSA) is 50.9 Å². The fourth-order valence-corrected chi connectivity index (χ4v) is 2.27. The molecule has 0 aliphatic carbocycles. The van der Waals surface area contributed by atoms with Crippen LogP contribution in [0.4, 0.5) is 5.69 Å². The molecule has 0 aromatic heterocycles. The van der Waals surface area contributed by atoms with E-state index in [4.69, 9.17) is 9.47 Å². The van der Waals surface area contributed by atoms with Gasteiger partial charge in [-0.25, -0.2) is 0 Å². The standard InChI is InChI=1S/C18H19NO3/c1-2-13-7-6-10-16(17(13)22-12-15-11-21-15)18(20)19-14-8-4-3-5-9-14/h3-10,15H,2,11-12H2,1H3,(H,19,20). The number of hydrogen-bond acceptors (Lipinski definition) is 3. The minimum absolute atomic E-state index is 0.159. The predicted octanol–water partition coefficient (Wildman–Crippen LogP) is 3.28. The van der Waals surface area contributed by atoms with E-state index in [1.54, 1.807) is 6.07 Å². The smallest absolute Gasteiger partial charge is 0.259 e. The van der Waals surface area contributed by atoms with Gasteiger partial charge in [-0.15, -0.1) is 0 Å². The predicted molar refractivity (Wildman–Crippen MR) is 85.5 cm³/mol. The average Bonchev–Trinajstić information content (AvgIpc) is 3.37. The van der Waals surface area contributed by atoms with Gasteiger partial charge in [-0.2, -0.15) is 0 Å². The Kier molecular flexibility index (Phi) is 4.39. The summed E-state index contributed by atoms with van der Waals surface area (Å²) < 4.78 is 11.0. The maximum Gasteiger partial charge on any atom is 0.259 e. The number of rotatable bonds is 6. The lowest BCUT2D eigenvalue weighted by atomic mass is 10.1. The molecule has 1 unspecified atom stereocenters. The van der Waals surface area contributed by atoms with Crippen LogP contribution >= 0.6 is 0 Å². The van der Waals surface area contributed by atoms with Crippen molar-refractivity contribution in [3.63, 3.8) is 0 Å². The number of amides is 1. The van der Waals surface area contributed by atoms with Gasteiger partial charge < -0.3 is 14.8 Å². The maximum absolute atomic E-state index is 12.5. The van der Waals surface area contributed by atoms with Crippen molar-refractivity contribution in [3.05, 3.63) is 59.7 Å². The van der Waals surface area contributed by atoms with E-state index in [1.165, 1.54) is 0 Å². The van der Waals surface area contributed by atoms with Crippen LogP contribution in [0, 0.1) is 0 Å². The Morgan fingerprint density at radius 1 is 1.23 bits per heavy atom. The molecule has 0 saturated carbocycles. The number of epoxide rings is 1. The average molecular weight is 297 g/mol. The molecule has 1 N–H and O–H groups in total. The van der Waals surface area contributed by atoms with E-state index < -0.39 is 0 Å². The molecule has 22 heavy (non-hydrogen) atoms. The highest BCUT2D eigenvalue weighted by atomic mass is 16.6. The Morgan fingerprint density at radius 3 is 2.68 bits per heavy atom. The van der Waals surface area contributed by atoms with Crippen LogP contribution in [-0.4, -0.2) is 25.2 Å². The summed E-state index contributed by atoms with van der Waals surface area (Å²) in [6, 6.07) is 15.1. The van der Waals surface area contributed by atoms with Gasteiger partial charge in [0.05, 0.1) is 12.2 Å². The van der Waals surface area contributed by atoms with Crippen LogP contribution in [0.5, 0.6) is 5.75 Å². The zero-order valence-corrected chi connectivity index (χ0v) is 12.5. The van der Waals surface area contributed by atoms with Gasteiger partial charge >= 0.3 is 0 Å². The largest absolute Gasteiger partial charge is 0.490 e. The molecule has 0 radical (unpaired) electrons. The van der Waals surface area contributed by atoms with E-state index in [1.807, 2.05) is 42.5 Å². The number of para-hydroxylation sites is 2. The van der Waals surface area contributed by atoms with E-state index in [2.05, 4.69) is 12.2 Å². The van der Waals surface area contributed by atoms with Gasteiger partial charge in [0.15, 0.2) is 0 Å². The van der Waals surface area contributed by atoms with Crippen LogP contribution in [-0.2, 0) is 11.2 Å². The zero-order valence-electron chi connectivity index (χ0n) is 12.5. The summed E-state index contributed by atoms with van der Waals surface area (Å²) in [4.78, 5) is 12.5. The monoisotopic (exact) mass is 297 g/mol. The van der Waals surface area contributed by atoms with Crippen LogP contribution in [0.2, 0.25) is 0 Å². The molecule has 1 aliphatic heterocycles. The second-order valence-corrected chi connectivity index (χ2v) is 5.23. The number of nitrogens with one attached hydrogen (secondary N) is 1. The molecule has 1 amide bonds. The van der Waals surface area contributed by atoms with E-state index in [0.29, 0.717) is 17.9 Å². The molecule has 2 aromatic rings. The Labute approximate surface area is 130 Å². The minimum Gasteiger partial charge on any atom is -0.490 e. The van der Waals surface area contributed by atoms with E-state index >= 15 is 0 Å². The summed E-state index contributed by atoms with van der Waals surface area (Å²) in [6.07, 6.45) is 0.975. The molecule has 1 fully saturated rings. The Balaban J connectivity index is 1.82. The lowest BCUT2D eigenvalue weighted by Gasteiger charge is -2.14. The maximum atomic E-state index is 12.5. The summed E-state index contributed by atoms with van der Waals surface area (Å²) in [5, 5.41) is 2.90. The number of benzene rings is 2. The summed E-state index contributed by atoms with van der Waals surface area (Å²) in [5.41, 5.74) is 2.36. The Bertz CT molecular complexity index is 651. The molecule has 1 heterocycles. The second-order valence-electron chi connectivity index (χ2n) is 5.23. The first-order chi connectivity index (χ1) is 10.8. The third-order valence-electron chi connectivity index (χ3n) is 3.57. The van der Waals surface area contributed by atoms with Gasteiger partial charge in [0.25, 0.3) is 5.91 Å². The second kappa shape index (κ2) is 6.62. The first kappa shape index (κ1) is 14.6. The highest BCUT2D eigenvalue weighted by Gasteiger charge is 2.25. The van der Waals surface area contributed by atoms with E-state index in [0.717, 1.165) is 24.3 Å². The van der Waals surface area contributed by atoms with Crippen molar-refractivity contribution in [3.8, 4) is 5.75 Å². The van der Waals surface area contributed by atoms with Crippen molar-refractivity contribution in [2.45, 2.75) is 19.4 Å². The molecule has 4 heteroatoms. The molecule has 114 valence electrons. The first-order valence-corrected chi connectivity index (χ1v) is 7.50. The molecule has 0 bridgehead atoms. The van der Waals surface area contributed by atoms with Gasteiger partial charge in [0.2, 0.25) is 0 Å². The summed E-state index contributed by atoms with van der Waals surface area (Å²) in [5.74, 6) is 0.502. The van der Waals surface area contributed by atoms with Crippen molar-refractivity contribution in [2.75, 3.05) is 18.5 Å². The lowest BCUT2D eigenvalue weighted by Crippen LogP contribution is -2.16. The normalized spacial score (nSPS) is 16.1. The van der Waals surface area contributed by atoms with Crippen molar-refractivity contribution in [2.24, 2.45) is 0 Å². The van der Waals surface area contributed by atoms with Crippen LogP contribution in [0.1, 0.15) is 22.8 Å². The Hall–Kier alpha value is -2.33. The lowest BCUT2D eigenvalue weighted by molar-refractivity contribution is 0.102. The summed E-state index contributed by atoms with van der Waals surface area (Å²) >= 11 is 0. The Morgan fingerprint density at radius 2 is 2.00 bits per heavy atom. The van der Waals surface area contributed by atoms with Crippen molar-refractivity contribution in [1.82, 2.24) is 0 Å². The quantitative estimate of drug-likeness (QED) is 0.832. The molecular formula is C18H19NO3. The number of carbonyl (C=O) groups excluding carboxylic acids is 1. The minimum atomic E-state index is -0.159. The fraction of sp³-hybridized carbons (Fsp3) is 0.278. The van der Waals surface area contributed by atoms with Crippen LogP contribution in [0.15, 0.2) is 48.5 Å². The van der Waals surface area contributed by atoms with Crippen LogP contribution in [0.25, 0.3) is 0 Å². The van der Waals surface area contributed by atoms with E-state index in [-0.39, 0.29) is 12.0 Å². The number of ether oxygens (including phenoxy) is 2. The van der Waals surface area contributed by atoms with Crippen molar-refractivity contribution < 1.29 is 14.3 Å². The third-order valence-corrected chi connectivity index (χ3v) is 3.57. The molecule has 4 nitrogen and oxygen atoms in total. The van der Waals surface area contributed by atoms with Crippen LogP contribution in [0.3, 0.4) is 0 Å². The number of aryl methyl sites for hydroxylation is 1. The number of carbonyl (C=O) groups is 1. The molecule has 3 rings (SSSR count).